The zero-order chi connectivity index (χ0) is 22.6. The van der Waals surface area contributed by atoms with Gasteiger partial charge in [0, 0.05) is 15.9 Å². The summed E-state index contributed by atoms with van der Waals surface area (Å²) in [5.41, 5.74) is 1.40. The van der Waals surface area contributed by atoms with Gasteiger partial charge in [0.05, 0.1) is 5.69 Å². The molecule has 3 aromatic rings. The summed E-state index contributed by atoms with van der Waals surface area (Å²) < 4.78 is 10.2. The summed E-state index contributed by atoms with van der Waals surface area (Å²) >= 11 is 1.53. The third kappa shape index (κ3) is 7.35. The van der Waals surface area contributed by atoms with Crippen molar-refractivity contribution in [3.05, 3.63) is 90.5 Å². The molecule has 0 saturated heterocycles. The smallest absolute Gasteiger partial charge is 0.331 e. The van der Waals surface area contributed by atoms with Gasteiger partial charge in [0.15, 0.2) is 13.2 Å². The van der Waals surface area contributed by atoms with Crippen LogP contribution in [0, 0.1) is 11.3 Å². The van der Waals surface area contributed by atoms with Crippen LogP contribution in [0.3, 0.4) is 0 Å². The Morgan fingerprint density at radius 3 is 2.44 bits per heavy atom. The van der Waals surface area contributed by atoms with E-state index >= 15 is 0 Å². The Morgan fingerprint density at radius 1 is 0.969 bits per heavy atom. The maximum absolute atomic E-state index is 12.3. The number of nitrogens with zero attached hydrogens (tertiary/aromatic N) is 1. The van der Waals surface area contributed by atoms with Crippen molar-refractivity contribution in [2.75, 3.05) is 18.5 Å². The minimum absolute atomic E-state index is 0.0288. The molecule has 0 aromatic heterocycles. The first kappa shape index (κ1) is 22.7. The summed E-state index contributed by atoms with van der Waals surface area (Å²) in [4.78, 5) is 26.1. The number of para-hydroxylation sites is 1. The Bertz CT molecular complexity index is 1120. The fourth-order valence-electron chi connectivity index (χ4n) is 2.60. The first-order valence-corrected chi connectivity index (χ1v) is 10.5. The molecular weight excluding hydrogens is 424 g/mol. The third-order valence-corrected chi connectivity index (χ3v) is 5.16. The van der Waals surface area contributed by atoms with Gasteiger partial charge in [-0.25, -0.2) is 4.79 Å². The van der Waals surface area contributed by atoms with Crippen LogP contribution in [0.15, 0.2) is 94.7 Å². The molecule has 160 valence electrons. The highest BCUT2D eigenvalue weighted by molar-refractivity contribution is 7.99. The lowest BCUT2D eigenvalue weighted by atomic mass is 10.2. The van der Waals surface area contributed by atoms with Gasteiger partial charge in [-0.1, -0.05) is 54.2 Å². The molecule has 1 amide bonds. The molecule has 0 saturated carbocycles. The van der Waals surface area contributed by atoms with E-state index in [1.807, 2.05) is 54.6 Å². The number of carbonyl (C=O) groups is 2. The Kier molecular flexibility index (Phi) is 8.49. The van der Waals surface area contributed by atoms with Crippen LogP contribution >= 0.6 is 11.8 Å². The number of hydrogen-bond acceptors (Lipinski definition) is 6. The first-order valence-electron chi connectivity index (χ1n) is 9.70. The topological polar surface area (TPSA) is 88.4 Å². The molecule has 0 aliphatic rings. The molecule has 0 bridgehead atoms. The number of carbonyl (C=O) groups excluding carboxylic acids is 2. The van der Waals surface area contributed by atoms with E-state index in [4.69, 9.17) is 14.7 Å². The number of anilines is 1. The van der Waals surface area contributed by atoms with Gasteiger partial charge in [-0.2, -0.15) is 5.26 Å². The van der Waals surface area contributed by atoms with Crippen LogP contribution in [0.1, 0.15) is 5.56 Å². The van der Waals surface area contributed by atoms with Gasteiger partial charge < -0.3 is 14.8 Å². The van der Waals surface area contributed by atoms with Crippen LogP contribution in [0.5, 0.6) is 5.75 Å². The summed E-state index contributed by atoms with van der Waals surface area (Å²) in [5.74, 6) is -0.489. The second-order valence-electron chi connectivity index (χ2n) is 6.42. The molecule has 32 heavy (non-hydrogen) atoms. The zero-order valence-corrected chi connectivity index (χ0v) is 17.9. The maximum Gasteiger partial charge on any atom is 0.331 e. The van der Waals surface area contributed by atoms with E-state index in [0.717, 1.165) is 15.4 Å². The van der Waals surface area contributed by atoms with E-state index in [1.165, 1.54) is 17.8 Å². The number of amides is 1. The van der Waals surface area contributed by atoms with E-state index < -0.39 is 18.5 Å². The average molecular weight is 445 g/mol. The fraction of sp³-hybridized carbons (Fsp3) is 0.0800. The number of ether oxygens (including phenoxy) is 2. The molecule has 0 aliphatic heterocycles. The van der Waals surface area contributed by atoms with Crippen molar-refractivity contribution >= 4 is 35.4 Å². The Hall–Kier alpha value is -4.02. The van der Waals surface area contributed by atoms with Crippen molar-refractivity contribution in [3.8, 4) is 11.8 Å². The van der Waals surface area contributed by atoms with Gasteiger partial charge in [0.25, 0.3) is 5.91 Å². The summed E-state index contributed by atoms with van der Waals surface area (Å²) in [7, 11) is 0. The largest absolute Gasteiger partial charge is 0.479 e. The van der Waals surface area contributed by atoms with E-state index in [0.29, 0.717) is 11.4 Å². The highest BCUT2D eigenvalue weighted by atomic mass is 32.2. The Balaban J connectivity index is 1.49. The fourth-order valence-corrected chi connectivity index (χ4v) is 3.52. The van der Waals surface area contributed by atoms with Crippen LogP contribution < -0.4 is 10.1 Å². The van der Waals surface area contributed by atoms with Crippen molar-refractivity contribution < 1.29 is 19.1 Å². The SMILES string of the molecule is N#CCOc1ccc(/C=C/C(=O)OCC(=O)Nc2ccccc2Sc2ccccc2)cc1. The highest BCUT2D eigenvalue weighted by Gasteiger charge is 2.10. The monoisotopic (exact) mass is 444 g/mol. The molecule has 0 atom stereocenters. The average Bonchev–Trinajstić information content (AvgIpc) is 2.82. The molecule has 1 N–H and O–H groups in total. The van der Waals surface area contributed by atoms with Gasteiger partial charge in [-0.15, -0.1) is 0 Å². The maximum atomic E-state index is 12.3. The molecule has 0 fully saturated rings. The summed E-state index contributed by atoms with van der Waals surface area (Å²) in [6, 6.07) is 26.0. The molecule has 0 radical (unpaired) electrons. The standard InChI is InChI=1S/C25H20N2O4S/c26-16-17-30-20-13-10-19(11-14-20)12-15-25(29)31-18-24(28)27-22-8-4-5-9-23(22)32-21-6-2-1-3-7-21/h1-15H,17-18H2,(H,27,28)/b15-12+. The zero-order valence-electron chi connectivity index (χ0n) is 17.1. The molecule has 0 unspecified atom stereocenters. The second kappa shape index (κ2) is 12.0. The van der Waals surface area contributed by atoms with Gasteiger partial charge in [-0.3, -0.25) is 4.79 Å². The van der Waals surface area contributed by atoms with Gasteiger partial charge in [-0.05, 0) is 48.0 Å². The predicted molar refractivity (Wildman–Crippen MR) is 123 cm³/mol. The van der Waals surface area contributed by atoms with Crippen molar-refractivity contribution in [2.24, 2.45) is 0 Å². The van der Waals surface area contributed by atoms with E-state index in [2.05, 4.69) is 5.32 Å². The van der Waals surface area contributed by atoms with Crippen LogP contribution in [0.2, 0.25) is 0 Å². The summed E-state index contributed by atoms with van der Waals surface area (Å²) in [6.45, 7) is -0.423. The molecule has 3 rings (SSSR count). The molecular formula is C25H20N2O4S. The molecule has 0 spiro atoms. The highest BCUT2D eigenvalue weighted by Crippen LogP contribution is 2.33. The molecule has 0 heterocycles. The number of benzene rings is 3. The van der Waals surface area contributed by atoms with Gasteiger partial charge >= 0.3 is 5.97 Å². The van der Waals surface area contributed by atoms with E-state index in [1.54, 1.807) is 36.4 Å². The Morgan fingerprint density at radius 2 is 1.69 bits per heavy atom. The van der Waals surface area contributed by atoms with Crippen molar-refractivity contribution in [1.82, 2.24) is 0 Å². The number of nitriles is 1. The predicted octanol–water partition coefficient (Wildman–Crippen LogP) is 4.94. The molecule has 7 heteroatoms. The lowest BCUT2D eigenvalue weighted by Crippen LogP contribution is -2.20. The van der Waals surface area contributed by atoms with Crippen molar-refractivity contribution in [3.63, 3.8) is 0 Å². The summed E-state index contributed by atoms with van der Waals surface area (Å²) in [5, 5.41) is 11.3. The van der Waals surface area contributed by atoms with E-state index in [9.17, 15) is 9.59 Å². The number of rotatable bonds is 9. The summed E-state index contributed by atoms with van der Waals surface area (Å²) in [6.07, 6.45) is 2.82. The lowest BCUT2D eigenvalue weighted by Gasteiger charge is -2.10. The normalized spacial score (nSPS) is 10.3. The number of hydrogen-bond donors (Lipinski definition) is 1. The molecule has 6 nitrogen and oxygen atoms in total. The van der Waals surface area contributed by atoms with Crippen molar-refractivity contribution in [1.29, 1.82) is 5.26 Å². The molecule has 3 aromatic carbocycles. The van der Waals surface area contributed by atoms with Crippen LogP contribution in [0.25, 0.3) is 6.08 Å². The van der Waals surface area contributed by atoms with Crippen LogP contribution in [-0.2, 0) is 14.3 Å². The van der Waals surface area contributed by atoms with Gasteiger partial charge in [0.1, 0.15) is 11.8 Å². The van der Waals surface area contributed by atoms with Crippen LogP contribution in [-0.4, -0.2) is 25.1 Å². The minimum Gasteiger partial charge on any atom is -0.479 e. The third-order valence-electron chi connectivity index (χ3n) is 4.07. The lowest BCUT2D eigenvalue weighted by molar-refractivity contribution is -0.142. The number of nitrogens with one attached hydrogen (secondary N) is 1. The van der Waals surface area contributed by atoms with Gasteiger partial charge in [0.2, 0.25) is 0 Å². The Labute approximate surface area is 190 Å². The van der Waals surface area contributed by atoms with Crippen molar-refractivity contribution in [2.45, 2.75) is 9.79 Å². The van der Waals surface area contributed by atoms with E-state index in [-0.39, 0.29) is 6.61 Å². The van der Waals surface area contributed by atoms with Crippen LogP contribution in [0.4, 0.5) is 5.69 Å². The quantitative estimate of drug-likeness (QED) is 0.372. The number of esters is 1. The second-order valence-corrected chi connectivity index (χ2v) is 7.53. The first-order chi connectivity index (χ1) is 15.6. The molecule has 0 aliphatic carbocycles. The minimum atomic E-state index is -0.628.